The van der Waals surface area contributed by atoms with Crippen LogP contribution in [0.4, 0.5) is 19.3 Å². The zero-order valence-corrected chi connectivity index (χ0v) is 12.6. The smallest absolute Gasteiger partial charge is 0.319 e. The molecule has 5 nitrogen and oxygen atoms in total. The van der Waals surface area contributed by atoms with E-state index in [1.807, 2.05) is 6.92 Å². The summed E-state index contributed by atoms with van der Waals surface area (Å²) in [4.78, 5) is 12.0. The lowest BCUT2D eigenvalue weighted by atomic mass is 9.86. The molecule has 0 saturated heterocycles. The second-order valence-corrected chi connectivity index (χ2v) is 5.82. The number of carbonyl (C=O) groups is 1. The Balaban J connectivity index is 2.05. The molecule has 22 heavy (non-hydrogen) atoms. The highest BCUT2D eigenvalue weighted by atomic mass is 19.1. The van der Waals surface area contributed by atoms with Crippen molar-refractivity contribution in [2.24, 2.45) is 5.41 Å². The predicted octanol–water partition coefficient (Wildman–Crippen LogP) is 2.65. The molecule has 2 amide bonds. The van der Waals surface area contributed by atoms with Crippen LogP contribution in [0.1, 0.15) is 26.2 Å². The van der Waals surface area contributed by atoms with E-state index in [1.54, 1.807) is 0 Å². The number of hydrogen-bond acceptors (Lipinski definition) is 3. The molecule has 2 unspecified atom stereocenters. The van der Waals surface area contributed by atoms with Gasteiger partial charge in [0.2, 0.25) is 0 Å². The third-order valence-electron chi connectivity index (χ3n) is 4.24. The number of rotatable bonds is 4. The van der Waals surface area contributed by atoms with Gasteiger partial charge in [-0.05, 0) is 12.8 Å². The molecule has 0 aromatic heterocycles. The van der Waals surface area contributed by atoms with Crippen molar-refractivity contribution >= 4 is 11.7 Å². The number of benzene rings is 1. The highest BCUT2D eigenvalue weighted by molar-refractivity contribution is 5.89. The maximum absolute atomic E-state index is 13.8. The summed E-state index contributed by atoms with van der Waals surface area (Å²) in [6.45, 7) is 1.85. The van der Waals surface area contributed by atoms with Gasteiger partial charge in [0.1, 0.15) is 0 Å². The topological polar surface area (TPSA) is 70.6 Å². The van der Waals surface area contributed by atoms with Gasteiger partial charge in [-0.25, -0.2) is 13.6 Å². The van der Waals surface area contributed by atoms with E-state index in [9.17, 15) is 18.7 Å². The number of methoxy groups -OCH3 is 1. The van der Waals surface area contributed by atoms with Gasteiger partial charge in [0.05, 0.1) is 19.4 Å². The monoisotopic (exact) mass is 314 g/mol. The molecule has 0 heterocycles. The highest BCUT2D eigenvalue weighted by Crippen LogP contribution is 2.37. The van der Waals surface area contributed by atoms with E-state index in [1.165, 1.54) is 7.11 Å². The van der Waals surface area contributed by atoms with Crippen LogP contribution >= 0.6 is 0 Å². The molecule has 0 radical (unpaired) electrons. The van der Waals surface area contributed by atoms with Crippen LogP contribution in [0.15, 0.2) is 12.1 Å². The second-order valence-electron chi connectivity index (χ2n) is 5.82. The Morgan fingerprint density at radius 3 is 2.82 bits per heavy atom. The van der Waals surface area contributed by atoms with Crippen LogP contribution in [0.5, 0.6) is 5.75 Å². The lowest BCUT2D eigenvalue weighted by molar-refractivity contribution is 0.122. The quantitative estimate of drug-likeness (QED) is 0.800. The Morgan fingerprint density at radius 2 is 2.18 bits per heavy atom. The molecule has 1 aliphatic carbocycles. The number of urea groups is 1. The van der Waals surface area contributed by atoms with Crippen molar-refractivity contribution in [3.05, 3.63) is 23.8 Å². The summed E-state index contributed by atoms with van der Waals surface area (Å²) in [5, 5.41) is 14.4. The second kappa shape index (κ2) is 6.48. The first-order valence-corrected chi connectivity index (χ1v) is 7.11. The normalized spacial score (nSPS) is 24.1. The lowest BCUT2D eigenvalue weighted by Crippen LogP contribution is -2.46. The van der Waals surface area contributed by atoms with Crippen molar-refractivity contribution in [1.29, 1.82) is 0 Å². The highest BCUT2D eigenvalue weighted by Gasteiger charge is 2.39. The minimum absolute atomic E-state index is 0.0382. The van der Waals surface area contributed by atoms with Gasteiger partial charge in [-0.1, -0.05) is 13.3 Å². The minimum Gasteiger partial charge on any atom is -0.494 e. The van der Waals surface area contributed by atoms with Gasteiger partial charge in [-0.15, -0.1) is 0 Å². The third kappa shape index (κ3) is 3.30. The summed E-state index contributed by atoms with van der Waals surface area (Å²) in [7, 11) is 1.23. The standard InChI is InChI=1S/C15H20F2N2O3/c1-15(8-20)5-3-4-13(15)19-14(21)18-11-6-10(17)12(22-2)7-9(11)16/h6-7,13,20H,3-5,8H2,1-2H3,(H2,18,19,21). The molecule has 0 aliphatic heterocycles. The zero-order valence-electron chi connectivity index (χ0n) is 12.6. The Kier molecular flexibility index (Phi) is 4.85. The molecule has 1 aromatic carbocycles. The molecule has 122 valence electrons. The average Bonchev–Trinajstić information content (AvgIpc) is 2.84. The zero-order chi connectivity index (χ0) is 16.3. The van der Waals surface area contributed by atoms with E-state index in [4.69, 9.17) is 0 Å². The SMILES string of the molecule is COc1cc(F)c(NC(=O)NC2CCCC2(C)CO)cc1F. The molecule has 3 N–H and O–H groups in total. The van der Waals surface area contributed by atoms with E-state index in [-0.39, 0.29) is 29.5 Å². The number of nitrogens with one attached hydrogen (secondary N) is 2. The van der Waals surface area contributed by atoms with Crippen LogP contribution in [0.25, 0.3) is 0 Å². The van der Waals surface area contributed by atoms with Crippen molar-refractivity contribution in [3.8, 4) is 5.75 Å². The molecule has 1 aromatic rings. The van der Waals surface area contributed by atoms with Gasteiger partial charge < -0.3 is 20.5 Å². The molecule has 2 rings (SSSR count). The van der Waals surface area contributed by atoms with Crippen LogP contribution in [0.3, 0.4) is 0 Å². The van der Waals surface area contributed by atoms with Crippen molar-refractivity contribution in [3.63, 3.8) is 0 Å². The van der Waals surface area contributed by atoms with Crippen LogP contribution in [0.2, 0.25) is 0 Å². The van der Waals surface area contributed by atoms with E-state index in [2.05, 4.69) is 15.4 Å². The average molecular weight is 314 g/mol. The summed E-state index contributed by atoms with van der Waals surface area (Å²) < 4.78 is 32.0. The van der Waals surface area contributed by atoms with Crippen LogP contribution in [-0.2, 0) is 0 Å². The Hall–Kier alpha value is -1.89. The number of anilines is 1. The summed E-state index contributed by atoms with van der Waals surface area (Å²) in [6, 6.07) is 0.908. The number of halogens is 2. The number of carbonyl (C=O) groups excluding carboxylic acids is 1. The Labute approximate surface area is 127 Å². The minimum atomic E-state index is -0.787. The van der Waals surface area contributed by atoms with Crippen molar-refractivity contribution < 1.29 is 23.4 Å². The molecule has 0 spiro atoms. The number of aliphatic hydroxyl groups excluding tert-OH is 1. The van der Waals surface area contributed by atoms with Gasteiger partial charge in [0, 0.05) is 23.6 Å². The molecule has 2 atom stereocenters. The van der Waals surface area contributed by atoms with Crippen molar-refractivity contribution in [1.82, 2.24) is 5.32 Å². The van der Waals surface area contributed by atoms with Crippen molar-refractivity contribution in [2.75, 3.05) is 19.0 Å². The van der Waals surface area contributed by atoms with Crippen LogP contribution in [-0.4, -0.2) is 30.9 Å². The van der Waals surface area contributed by atoms with Crippen LogP contribution in [0, 0.1) is 17.0 Å². The fourth-order valence-corrected chi connectivity index (χ4v) is 2.77. The van der Waals surface area contributed by atoms with Gasteiger partial charge in [-0.2, -0.15) is 0 Å². The maximum atomic E-state index is 13.8. The maximum Gasteiger partial charge on any atom is 0.319 e. The number of aliphatic hydroxyl groups is 1. The summed E-state index contributed by atoms with van der Waals surface area (Å²) in [6.07, 6.45) is 2.44. The van der Waals surface area contributed by atoms with Crippen LogP contribution < -0.4 is 15.4 Å². The molecule has 0 bridgehead atoms. The molecule has 1 saturated carbocycles. The first kappa shape index (κ1) is 16.5. The lowest BCUT2D eigenvalue weighted by Gasteiger charge is -2.30. The molecular weight excluding hydrogens is 294 g/mol. The number of amides is 2. The number of hydrogen-bond donors (Lipinski definition) is 3. The van der Waals surface area contributed by atoms with E-state index in [0.717, 1.165) is 31.4 Å². The van der Waals surface area contributed by atoms with E-state index >= 15 is 0 Å². The molecule has 1 fully saturated rings. The van der Waals surface area contributed by atoms with Gasteiger partial charge >= 0.3 is 6.03 Å². The summed E-state index contributed by atoms with van der Waals surface area (Å²) in [5.41, 5.74) is -0.652. The summed E-state index contributed by atoms with van der Waals surface area (Å²) >= 11 is 0. The fourth-order valence-electron chi connectivity index (χ4n) is 2.77. The van der Waals surface area contributed by atoms with E-state index < -0.39 is 17.7 Å². The first-order valence-electron chi connectivity index (χ1n) is 7.11. The van der Waals surface area contributed by atoms with E-state index in [0.29, 0.717) is 0 Å². The summed E-state index contributed by atoms with van der Waals surface area (Å²) in [5.74, 6) is -1.78. The third-order valence-corrected chi connectivity index (χ3v) is 4.24. The molecule has 1 aliphatic rings. The fraction of sp³-hybridized carbons (Fsp3) is 0.533. The van der Waals surface area contributed by atoms with Gasteiger partial charge in [0.25, 0.3) is 0 Å². The Morgan fingerprint density at radius 1 is 1.45 bits per heavy atom. The largest absolute Gasteiger partial charge is 0.494 e. The molecular formula is C15H20F2N2O3. The van der Waals surface area contributed by atoms with Crippen molar-refractivity contribution in [2.45, 2.75) is 32.2 Å². The first-order chi connectivity index (χ1) is 10.4. The Bertz CT molecular complexity index is 568. The van der Waals surface area contributed by atoms with Gasteiger partial charge in [0.15, 0.2) is 17.4 Å². The number of ether oxygens (including phenoxy) is 1. The molecule has 7 heteroatoms. The predicted molar refractivity (Wildman–Crippen MR) is 77.9 cm³/mol. The van der Waals surface area contributed by atoms with Gasteiger partial charge in [-0.3, -0.25) is 0 Å².